The Labute approximate surface area is 144 Å². The second-order valence-electron chi connectivity index (χ2n) is 6.53. The van der Waals surface area contributed by atoms with E-state index in [1.54, 1.807) is 0 Å². The second kappa shape index (κ2) is 8.78. The first-order valence-electron chi connectivity index (χ1n) is 8.36. The largest absolute Gasteiger partial charge is 0.395 e. The smallest absolute Gasteiger partial charge is 0.144 e. The molecule has 1 aromatic carbocycles. The van der Waals surface area contributed by atoms with E-state index in [-0.39, 0.29) is 24.2 Å². The van der Waals surface area contributed by atoms with Crippen LogP contribution in [0, 0.1) is 5.92 Å². The second-order valence-corrected chi connectivity index (χ2v) is 6.96. The Morgan fingerprint density at radius 1 is 1.13 bits per heavy atom. The highest BCUT2D eigenvalue weighted by atomic mass is 35.5. The van der Waals surface area contributed by atoms with E-state index in [1.165, 1.54) is 0 Å². The molecule has 1 atom stereocenters. The van der Waals surface area contributed by atoms with Crippen LogP contribution in [0.5, 0.6) is 0 Å². The van der Waals surface area contributed by atoms with Gasteiger partial charge in [0.2, 0.25) is 0 Å². The molecule has 1 aliphatic rings. The van der Waals surface area contributed by atoms with E-state index >= 15 is 0 Å². The van der Waals surface area contributed by atoms with E-state index in [2.05, 4.69) is 9.80 Å². The maximum absolute atomic E-state index is 12.7. The fourth-order valence-corrected chi connectivity index (χ4v) is 3.18. The van der Waals surface area contributed by atoms with Crippen molar-refractivity contribution in [1.82, 2.24) is 9.80 Å². The Bertz CT molecular complexity index is 496. The first kappa shape index (κ1) is 18.4. The van der Waals surface area contributed by atoms with Crippen LogP contribution < -0.4 is 0 Å². The Morgan fingerprint density at radius 2 is 1.70 bits per heavy atom. The number of rotatable bonds is 7. The van der Waals surface area contributed by atoms with Crippen molar-refractivity contribution in [1.29, 1.82) is 0 Å². The minimum Gasteiger partial charge on any atom is -0.395 e. The third kappa shape index (κ3) is 5.28. The Hall–Kier alpha value is -0.940. The van der Waals surface area contributed by atoms with Gasteiger partial charge in [-0.2, -0.15) is 0 Å². The van der Waals surface area contributed by atoms with Crippen molar-refractivity contribution < 1.29 is 9.90 Å². The lowest BCUT2D eigenvalue weighted by Crippen LogP contribution is -2.48. The molecule has 0 spiro atoms. The van der Waals surface area contributed by atoms with Crippen molar-refractivity contribution in [2.24, 2.45) is 5.92 Å². The summed E-state index contributed by atoms with van der Waals surface area (Å²) in [5.41, 5.74) is 1.05. The summed E-state index contributed by atoms with van der Waals surface area (Å²) in [5, 5.41) is 9.72. The van der Waals surface area contributed by atoms with Crippen molar-refractivity contribution in [2.45, 2.75) is 19.8 Å². The van der Waals surface area contributed by atoms with Crippen LogP contribution in [0.2, 0.25) is 5.02 Å². The molecule has 1 aromatic rings. The molecule has 0 bridgehead atoms. The molecule has 0 unspecified atom stereocenters. The predicted octanol–water partition coefficient (Wildman–Crippen LogP) is 2.26. The van der Waals surface area contributed by atoms with Gasteiger partial charge < -0.3 is 5.11 Å². The zero-order valence-electron chi connectivity index (χ0n) is 14.0. The van der Waals surface area contributed by atoms with Crippen LogP contribution in [0.4, 0.5) is 0 Å². The maximum atomic E-state index is 12.7. The van der Waals surface area contributed by atoms with Crippen LogP contribution >= 0.6 is 11.6 Å². The maximum Gasteiger partial charge on any atom is 0.144 e. The Balaban J connectivity index is 2.04. The standard InChI is InChI=1S/C18H27ClN2O2/c1-14(2)18(23)17(15-3-5-16(19)6-4-15)13-21-9-7-20(8-10-21)11-12-22/h3-6,14,17,22H,7-13H2,1-2H3/t17-/m0/s1. The van der Waals surface area contributed by atoms with E-state index < -0.39 is 0 Å². The number of nitrogens with zero attached hydrogens (tertiary/aromatic N) is 2. The van der Waals surface area contributed by atoms with Gasteiger partial charge in [0.25, 0.3) is 0 Å². The SMILES string of the molecule is CC(C)C(=O)[C@@H](CN1CCN(CCO)CC1)c1ccc(Cl)cc1. The summed E-state index contributed by atoms with van der Waals surface area (Å²) < 4.78 is 0. The number of Topliss-reactive ketones (excluding diaryl/α,β-unsaturated/α-hetero) is 1. The summed E-state index contributed by atoms with van der Waals surface area (Å²) in [6.07, 6.45) is 0. The lowest BCUT2D eigenvalue weighted by molar-refractivity contribution is -0.124. The number of ketones is 1. The number of aliphatic hydroxyl groups is 1. The molecule has 1 fully saturated rings. The van der Waals surface area contributed by atoms with Gasteiger partial charge in [-0.3, -0.25) is 14.6 Å². The highest BCUT2D eigenvalue weighted by Gasteiger charge is 2.27. The third-order valence-electron chi connectivity index (χ3n) is 4.51. The summed E-state index contributed by atoms with van der Waals surface area (Å²) in [6, 6.07) is 7.65. The molecule has 0 radical (unpaired) electrons. The van der Waals surface area contributed by atoms with Gasteiger partial charge in [0.05, 0.1) is 12.5 Å². The topological polar surface area (TPSA) is 43.8 Å². The van der Waals surface area contributed by atoms with Gasteiger partial charge >= 0.3 is 0 Å². The van der Waals surface area contributed by atoms with Crippen molar-refractivity contribution in [3.8, 4) is 0 Å². The van der Waals surface area contributed by atoms with Crippen molar-refractivity contribution in [3.63, 3.8) is 0 Å². The molecule has 1 aliphatic heterocycles. The van der Waals surface area contributed by atoms with Crippen LogP contribution in [0.25, 0.3) is 0 Å². The molecule has 23 heavy (non-hydrogen) atoms. The van der Waals surface area contributed by atoms with Crippen LogP contribution in [0.15, 0.2) is 24.3 Å². The molecular weight excluding hydrogens is 312 g/mol. The lowest BCUT2D eigenvalue weighted by Gasteiger charge is -2.36. The number of aliphatic hydroxyl groups excluding tert-OH is 1. The highest BCUT2D eigenvalue weighted by molar-refractivity contribution is 6.30. The highest BCUT2D eigenvalue weighted by Crippen LogP contribution is 2.24. The molecular formula is C18H27ClN2O2. The quantitative estimate of drug-likeness (QED) is 0.828. The molecule has 1 N–H and O–H groups in total. The zero-order valence-corrected chi connectivity index (χ0v) is 14.8. The van der Waals surface area contributed by atoms with Gasteiger partial charge in [-0.1, -0.05) is 37.6 Å². The van der Waals surface area contributed by atoms with E-state index in [0.29, 0.717) is 5.02 Å². The number of carbonyl (C=O) groups excluding carboxylic acids is 1. The van der Waals surface area contributed by atoms with E-state index in [4.69, 9.17) is 16.7 Å². The van der Waals surface area contributed by atoms with Crippen LogP contribution in [0.3, 0.4) is 0 Å². The normalized spacial score (nSPS) is 18.3. The fourth-order valence-electron chi connectivity index (χ4n) is 3.05. The third-order valence-corrected chi connectivity index (χ3v) is 4.76. The molecule has 5 heteroatoms. The first-order valence-corrected chi connectivity index (χ1v) is 8.74. The fraction of sp³-hybridized carbons (Fsp3) is 0.611. The van der Waals surface area contributed by atoms with Crippen LogP contribution in [-0.4, -0.2) is 66.6 Å². The number of benzene rings is 1. The van der Waals surface area contributed by atoms with E-state index in [1.807, 2.05) is 38.1 Å². The summed E-state index contributed by atoms with van der Waals surface area (Å²) in [7, 11) is 0. The number of carbonyl (C=O) groups is 1. The van der Waals surface area contributed by atoms with Gasteiger partial charge in [-0.15, -0.1) is 0 Å². The van der Waals surface area contributed by atoms with E-state index in [9.17, 15) is 4.79 Å². The molecule has 0 amide bonds. The van der Waals surface area contributed by atoms with Crippen molar-refractivity contribution >= 4 is 17.4 Å². The average molecular weight is 339 g/mol. The molecule has 1 saturated heterocycles. The summed E-state index contributed by atoms with van der Waals surface area (Å²) >= 11 is 5.97. The Morgan fingerprint density at radius 3 is 2.22 bits per heavy atom. The average Bonchev–Trinajstić information content (AvgIpc) is 2.55. The first-order chi connectivity index (χ1) is 11.0. The number of β-amino-alcohol motifs (C(OH)–C–C–N with tert-alkyl or cyclic N) is 1. The molecule has 0 saturated carbocycles. The monoisotopic (exact) mass is 338 g/mol. The summed E-state index contributed by atoms with van der Waals surface area (Å²) in [5.74, 6) is 0.202. The van der Waals surface area contributed by atoms with E-state index in [0.717, 1.165) is 44.8 Å². The van der Waals surface area contributed by atoms with Gasteiger partial charge in [0, 0.05) is 50.2 Å². The van der Waals surface area contributed by atoms with Crippen LogP contribution in [0.1, 0.15) is 25.3 Å². The number of hydrogen-bond donors (Lipinski definition) is 1. The molecule has 0 aromatic heterocycles. The Kier molecular flexibility index (Phi) is 7.03. The number of piperazine rings is 1. The van der Waals surface area contributed by atoms with Crippen molar-refractivity contribution in [3.05, 3.63) is 34.9 Å². The zero-order chi connectivity index (χ0) is 16.8. The molecule has 1 heterocycles. The minimum absolute atomic E-state index is 0.0198. The van der Waals surface area contributed by atoms with Gasteiger partial charge in [-0.05, 0) is 17.7 Å². The molecule has 4 nitrogen and oxygen atoms in total. The van der Waals surface area contributed by atoms with Gasteiger partial charge in [0.1, 0.15) is 5.78 Å². The molecule has 128 valence electrons. The van der Waals surface area contributed by atoms with Gasteiger partial charge in [0.15, 0.2) is 0 Å². The summed E-state index contributed by atoms with van der Waals surface area (Å²) in [4.78, 5) is 17.3. The molecule has 0 aliphatic carbocycles. The minimum atomic E-state index is -0.100. The number of hydrogen-bond acceptors (Lipinski definition) is 4. The predicted molar refractivity (Wildman–Crippen MR) is 94.0 cm³/mol. The lowest BCUT2D eigenvalue weighted by atomic mass is 9.88. The van der Waals surface area contributed by atoms with Gasteiger partial charge in [-0.25, -0.2) is 0 Å². The number of halogens is 1. The van der Waals surface area contributed by atoms with Crippen molar-refractivity contribution in [2.75, 3.05) is 45.9 Å². The van der Waals surface area contributed by atoms with Crippen LogP contribution in [-0.2, 0) is 4.79 Å². The summed E-state index contributed by atoms with van der Waals surface area (Å²) in [6.45, 7) is 9.40. The molecule has 2 rings (SSSR count).